The van der Waals surface area contributed by atoms with Gasteiger partial charge in [-0.3, -0.25) is 14.2 Å². The van der Waals surface area contributed by atoms with Gasteiger partial charge in [0.05, 0.1) is 17.8 Å². The molecule has 1 amide bonds. The van der Waals surface area contributed by atoms with Crippen LogP contribution in [0.25, 0.3) is 10.2 Å². The number of fused-ring (bicyclic) bond motifs is 1. The zero-order valence-corrected chi connectivity index (χ0v) is 17.0. The van der Waals surface area contributed by atoms with Crippen molar-refractivity contribution in [2.45, 2.75) is 46.7 Å². The molecule has 5 nitrogen and oxygen atoms in total. The molecule has 1 N–H and O–H groups in total. The van der Waals surface area contributed by atoms with E-state index < -0.39 is 0 Å². The number of thiophene rings is 1. The smallest absolute Gasteiger partial charge is 0.262 e. The quantitative estimate of drug-likeness (QED) is 0.700. The molecular weight excluding hydrogens is 358 g/mol. The number of carbonyl (C=O) groups excluding carboxylic acids is 1. The highest BCUT2D eigenvalue weighted by Crippen LogP contribution is 2.25. The number of nitrogens with one attached hydrogen (secondary N) is 1. The molecule has 142 valence electrons. The van der Waals surface area contributed by atoms with Crippen LogP contribution in [0.1, 0.15) is 42.3 Å². The van der Waals surface area contributed by atoms with Gasteiger partial charge in [0.1, 0.15) is 4.83 Å². The van der Waals surface area contributed by atoms with Crippen LogP contribution in [0.15, 0.2) is 41.5 Å². The van der Waals surface area contributed by atoms with Crippen LogP contribution >= 0.6 is 11.3 Å². The first-order valence-electron chi connectivity index (χ1n) is 9.18. The van der Waals surface area contributed by atoms with E-state index >= 15 is 0 Å². The number of nitrogens with zero attached hydrogens (tertiary/aromatic N) is 2. The molecule has 0 aliphatic carbocycles. The van der Waals surface area contributed by atoms with E-state index in [4.69, 9.17) is 0 Å². The molecule has 3 rings (SSSR count). The minimum Gasteiger partial charge on any atom is -0.349 e. The van der Waals surface area contributed by atoms with Crippen LogP contribution in [0.4, 0.5) is 0 Å². The normalized spacial score (nSPS) is 12.5. The summed E-state index contributed by atoms with van der Waals surface area (Å²) in [5.41, 5.74) is 2.00. The molecule has 1 atom stereocenters. The number of aryl methyl sites for hydroxylation is 3. The van der Waals surface area contributed by atoms with Gasteiger partial charge >= 0.3 is 0 Å². The fraction of sp³-hybridized carbons (Fsp3) is 0.381. The van der Waals surface area contributed by atoms with Gasteiger partial charge in [0.2, 0.25) is 5.91 Å². The van der Waals surface area contributed by atoms with E-state index in [1.807, 2.05) is 44.2 Å². The molecule has 0 aliphatic heterocycles. The maximum atomic E-state index is 12.7. The third kappa shape index (κ3) is 4.11. The van der Waals surface area contributed by atoms with Gasteiger partial charge in [-0.2, -0.15) is 0 Å². The van der Waals surface area contributed by atoms with Gasteiger partial charge in [-0.15, -0.1) is 11.3 Å². The largest absolute Gasteiger partial charge is 0.349 e. The summed E-state index contributed by atoms with van der Waals surface area (Å²) in [6, 6.07) is 9.92. The summed E-state index contributed by atoms with van der Waals surface area (Å²) in [6.07, 6.45) is 1.79. The molecular formula is C21H25N3O2S. The number of rotatable bonds is 6. The highest BCUT2D eigenvalue weighted by molar-refractivity contribution is 7.18. The Labute approximate surface area is 163 Å². The maximum absolute atomic E-state index is 12.7. The Morgan fingerprint density at radius 3 is 2.59 bits per heavy atom. The summed E-state index contributed by atoms with van der Waals surface area (Å²) in [4.78, 5) is 31.5. The van der Waals surface area contributed by atoms with Gasteiger partial charge in [0, 0.05) is 17.8 Å². The molecule has 0 aliphatic rings. The van der Waals surface area contributed by atoms with Crippen LogP contribution < -0.4 is 10.9 Å². The van der Waals surface area contributed by atoms with E-state index in [9.17, 15) is 9.59 Å². The lowest BCUT2D eigenvalue weighted by Gasteiger charge is -2.23. The minimum absolute atomic E-state index is 0.0437. The lowest BCUT2D eigenvalue weighted by atomic mass is 9.96. The number of aromatic nitrogens is 2. The maximum Gasteiger partial charge on any atom is 0.262 e. The monoisotopic (exact) mass is 383 g/mol. The lowest BCUT2D eigenvalue weighted by molar-refractivity contribution is -0.122. The molecule has 27 heavy (non-hydrogen) atoms. The molecule has 2 aromatic heterocycles. The summed E-state index contributed by atoms with van der Waals surface area (Å²) in [7, 11) is 0. The summed E-state index contributed by atoms with van der Waals surface area (Å²) >= 11 is 1.53. The molecule has 0 saturated heterocycles. The van der Waals surface area contributed by atoms with Gasteiger partial charge in [0.25, 0.3) is 5.56 Å². The highest BCUT2D eigenvalue weighted by atomic mass is 32.1. The Hall–Kier alpha value is -2.47. The molecule has 1 unspecified atom stereocenters. The average molecular weight is 384 g/mol. The molecule has 6 heteroatoms. The summed E-state index contributed by atoms with van der Waals surface area (Å²) in [5.74, 6) is 0.205. The van der Waals surface area contributed by atoms with Crippen molar-refractivity contribution in [3.63, 3.8) is 0 Å². The minimum atomic E-state index is -0.0712. The summed E-state index contributed by atoms with van der Waals surface area (Å²) < 4.78 is 1.54. The van der Waals surface area contributed by atoms with Crippen LogP contribution in [0.2, 0.25) is 0 Å². The van der Waals surface area contributed by atoms with Crippen molar-refractivity contribution >= 4 is 27.5 Å². The van der Waals surface area contributed by atoms with E-state index in [0.717, 1.165) is 20.8 Å². The number of amides is 1. The Morgan fingerprint density at radius 2 is 1.93 bits per heavy atom. The predicted molar refractivity (Wildman–Crippen MR) is 110 cm³/mol. The molecule has 0 saturated carbocycles. The SMILES string of the molecule is Cc1sc2ncn(CCC(=O)NC(c3ccccc3)C(C)C)c(=O)c2c1C. The van der Waals surface area contributed by atoms with E-state index in [1.165, 1.54) is 15.9 Å². The van der Waals surface area contributed by atoms with Gasteiger partial charge < -0.3 is 5.32 Å². The van der Waals surface area contributed by atoms with Crippen LogP contribution in [0.5, 0.6) is 0 Å². The van der Waals surface area contributed by atoms with Gasteiger partial charge in [-0.05, 0) is 30.9 Å². The van der Waals surface area contributed by atoms with E-state index in [0.29, 0.717) is 11.9 Å². The van der Waals surface area contributed by atoms with Crippen LogP contribution in [0, 0.1) is 19.8 Å². The summed E-state index contributed by atoms with van der Waals surface area (Å²) in [5, 5.41) is 3.77. The van der Waals surface area contributed by atoms with Gasteiger partial charge in [0.15, 0.2) is 0 Å². The average Bonchev–Trinajstić information content (AvgIpc) is 2.94. The van der Waals surface area contributed by atoms with E-state index in [1.54, 1.807) is 6.33 Å². The van der Waals surface area contributed by atoms with Crippen molar-refractivity contribution in [3.8, 4) is 0 Å². The fourth-order valence-electron chi connectivity index (χ4n) is 3.19. The lowest BCUT2D eigenvalue weighted by Crippen LogP contribution is -2.33. The second-order valence-electron chi connectivity index (χ2n) is 7.16. The summed E-state index contributed by atoms with van der Waals surface area (Å²) in [6.45, 7) is 8.43. The Morgan fingerprint density at radius 1 is 1.22 bits per heavy atom. The van der Waals surface area contributed by atoms with Crippen molar-refractivity contribution in [2.75, 3.05) is 0 Å². The third-order valence-electron chi connectivity index (χ3n) is 4.88. The molecule has 0 bridgehead atoms. The van der Waals surface area contributed by atoms with Crippen molar-refractivity contribution in [1.82, 2.24) is 14.9 Å². The first-order valence-corrected chi connectivity index (χ1v) is 9.99. The highest BCUT2D eigenvalue weighted by Gasteiger charge is 2.18. The van der Waals surface area contributed by atoms with Gasteiger partial charge in [-0.1, -0.05) is 44.2 Å². The van der Waals surface area contributed by atoms with Crippen LogP contribution in [-0.4, -0.2) is 15.5 Å². The third-order valence-corrected chi connectivity index (χ3v) is 5.99. The number of hydrogen-bond acceptors (Lipinski definition) is 4. The first-order chi connectivity index (χ1) is 12.9. The number of benzene rings is 1. The van der Waals surface area contributed by atoms with Crippen LogP contribution in [-0.2, 0) is 11.3 Å². The van der Waals surface area contributed by atoms with Crippen molar-refractivity contribution in [3.05, 3.63) is 63.0 Å². The zero-order chi connectivity index (χ0) is 19.6. The van der Waals surface area contributed by atoms with Crippen molar-refractivity contribution in [1.29, 1.82) is 0 Å². The second kappa shape index (κ2) is 8.05. The molecule has 0 radical (unpaired) electrons. The molecule has 0 fully saturated rings. The molecule has 1 aromatic carbocycles. The molecule has 0 spiro atoms. The number of carbonyl (C=O) groups is 1. The topological polar surface area (TPSA) is 64.0 Å². The molecule has 3 aromatic rings. The van der Waals surface area contributed by atoms with Crippen molar-refractivity contribution < 1.29 is 4.79 Å². The first kappa shape index (κ1) is 19.3. The Bertz CT molecular complexity index is 1010. The Kier molecular flexibility index (Phi) is 5.75. The fourth-order valence-corrected chi connectivity index (χ4v) is 4.18. The predicted octanol–water partition coefficient (Wildman–Crippen LogP) is 3.98. The van der Waals surface area contributed by atoms with E-state index in [-0.39, 0.29) is 29.8 Å². The zero-order valence-electron chi connectivity index (χ0n) is 16.2. The van der Waals surface area contributed by atoms with Crippen LogP contribution in [0.3, 0.4) is 0 Å². The standard InChI is InChI=1S/C21H25N3O2S/c1-13(2)19(16-8-6-5-7-9-16)23-17(25)10-11-24-12-22-20-18(21(24)26)14(3)15(4)27-20/h5-9,12-13,19H,10-11H2,1-4H3,(H,23,25). The second-order valence-corrected chi connectivity index (χ2v) is 8.36. The molecule has 2 heterocycles. The Balaban J connectivity index is 1.72. The van der Waals surface area contributed by atoms with Crippen molar-refractivity contribution in [2.24, 2.45) is 5.92 Å². The number of hydrogen-bond donors (Lipinski definition) is 1. The van der Waals surface area contributed by atoms with E-state index in [2.05, 4.69) is 24.1 Å². The van der Waals surface area contributed by atoms with Gasteiger partial charge in [-0.25, -0.2) is 4.98 Å².